The van der Waals surface area contributed by atoms with Crippen LogP contribution in [0.3, 0.4) is 0 Å². The van der Waals surface area contributed by atoms with E-state index < -0.39 is 11.6 Å². The summed E-state index contributed by atoms with van der Waals surface area (Å²) in [6, 6.07) is 14.9. The molecule has 0 radical (unpaired) electrons. The first-order valence-corrected chi connectivity index (χ1v) is 8.65. The lowest BCUT2D eigenvalue weighted by atomic mass is 10.2. The number of imidazole rings is 1. The van der Waals surface area contributed by atoms with Gasteiger partial charge >= 0.3 is 0 Å². The number of H-pyrrole nitrogens is 1. The summed E-state index contributed by atoms with van der Waals surface area (Å²) in [5.41, 5.74) is 2.84. The molecule has 2 heterocycles. The van der Waals surface area contributed by atoms with Crippen LogP contribution in [0.1, 0.15) is 5.56 Å². The first-order valence-electron chi connectivity index (χ1n) is 7.67. The highest BCUT2D eigenvalue weighted by molar-refractivity contribution is 7.98. The number of hydrogen-bond acceptors (Lipinski definition) is 3. The van der Waals surface area contributed by atoms with E-state index in [-0.39, 0.29) is 0 Å². The monoisotopic (exact) mass is 353 g/mol. The Bertz CT molecular complexity index is 1030. The van der Waals surface area contributed by atoms with E-state index in [0.717, 1.165) is 33.8 Å². The highest BCUT2D eigenvalue weighted by Crippen LogP contribution is 2.28. The average molecular weight is 353 g/mol. The van der Waals surface area contributed by atoms with Gasteiger partial charge in [-0.15, -0.1) is 11.8 Å². The number of nitrogens with one attached hydrogen (secondary N) is 1. The third-order valence-electron chi connectivity index (χ3n) is 3.76. The zero-order valence-corrected chi connectivity index (χ0v) is 13.9. The van der Waals surface area contributed by atoms with Crippen LogP contribution in [0.2, 0.25) is 0 Å². The molecule has 0 unspecified atom stereocenters. The number of nitrogens with zero attached hydrogens (tertiary/aromatic N) is 2. The van der Waals surface area contributed by atoms with Gasteiger partial charge in [-0.3, -0.25) is 4.98 Å². The van der Waals surface area contributed by atoms with Crippen LogP contribution >= 0.6 is 11.8 Å². The molecular formula is C19H13F2N3S. The van der Waals surface area contributed by atoms with Crippen molar-refractivity contribution in [2.24, 2.45) is 0 Å². The molecule has 0 atom stereocenters. The van der Waals surface area contributed by atoms with Crippen LogP contribution < -0.4 is 0 Å². The number of pyridine rings is 1. The fourth-order valence-electron chi connectivity index (χ4n) is 2.52. The maximum absolute atomic E-state index is 13.7. The van der Waals surface area contributed by atoms with E-state index in [4.69, 9.17) is 0 Å². The van der Waals surface area contributed by atoms with Crippen molar-refractivity contribution >= 4 is 22.8 Å². The second kappa shape index (κ2) is 6.64. The molecule has 2 aromatic heterocycles. The van der Waals surface area contributed by atoms with E-state index in [9.17, 15) is 8.78 Å². The van der Waals surface area contributed by atoms with Crippen LogP contribution in [0.25, 0.3) is 22.6 Å². The fraction of sp³-hybridized carbons (Fsp3) is 0.0526. The van der Waals surface area contributed by atoms with Crippen LogP contribution in [0, 0.1) is 11.6 Å². The molecular weight excluding hydrogens is 340 g/mol. The Morgan fingerprint density at radius 2 is 1.92 bits per heavy atom. The summed E-state index contributed by atoms with van der Waals surface area (Å²) in [6.45, 7) is 0. The topological polar surface area (TPSA) is 41.6 Å². The molecule has 4 rings (SSSR count). The standard InChI is InChI=1S/C19H13F2N3S/c20-13-4-6-15(21)12(9-13)11-25-14-5-7-16-18(10-14)24-19(23-16)17-3-1-2-8-22-17/h1-10H,11H2,(H,23,24). The predicted octanol–water partition coefficient (Wildman–Crippen LogP) is 5.20. The van der Waals surface area contributed by atoms with Gasteiger partial charge in [0.15, 0.2) is 5.82 Å². The maximum atomic E-state index is 13.7. The minimum atomic E-state index is -0.430. The van der Waals surface area contributed by atoms with Gasteiger partial charge in [0.05, 0.1) is 11.0 Å². The Kier molecular flexibility index (Phi) is 4.19. The van der Waals surface area contributed by atoms with Gasteiger partial charge in [0.25, 0.3) is 0 Å². The number of rotatable bonds is 4. The van der Waals surface area contributed by atoms with E-state index in [2.05, 4.69) is 15.0 Å². The predicted molar refractivity (Wildman–Crippen MR) is 95.2 cm³/mol. The summed E-state index contributed by atoms with van der Waals surface area (Å²) in [5, 5.41) is 0. The molecule has 1 N–H and O–H groups in total. The lowest BCUT2D eigenvalue weighted by molar-refractivity contribution is 0.591. The van der Waals surface area contributed by atoms with Crippen molar-refractivity contribution in [1.29, 1.82) is 0 Å². The molecule has 3 nitrogen and oxygen atoms in total. The Hall–Kier alpha value is -2.73. The van der Waals surface area contributed by atoms with Gasteiger partial charge in [-0.1, -0.05) is 6.07 Å². The Morgan fingerprint density at radius 3 is 2.76 bits per heavy atom. The molecule has 4 aromatic rings. The molecule has 0 amide bonds. The fourth-order valence-corrected chi connectivity index (χ4v) is 3.43. The number of thioether (sulfide) groups is 1. The largest absolute Gasteiger partial charge is 0.337 e. The van der Waals surface area contributed by atoms with Gasteiger partial charge in [0.1, 0.15) is 17.3 Å². The van der Waals surface area contributed by atoms with E-state index in [1.165, 1.54) is 17.8 Å². The summed E-state index contributed by atoms with van der Waals surface area (Å²) in [6.07, 6.45) is 1.72. The molecule has 0 aliphatic rings. The number of aromatic nitrogens is 3. The van der Waals surface area contributed by atoms with E-state index >= 15 is 0 Å². The van der Waals surface area contributed by atoms with Gasteiger partial charge in [-0.05, 0) is 48.5 Å². The van der Waals surface area contributed by atoms with Crippen molar-refractivity contribution in [2.45, 2.75) is 10.6 Å². The molecule has 2 aromatic carbocycles. The zero-order valence-electron chi connectivity index (χ0n) is 13.0. The summed E-state index contributed by atoms with van der Waals surface area (Å²) in [7, 11) is 0. The normalized spacial score (nSPS) is 11.1. The molecule has 0 bridgehead atoms. The Morgan fingerprint density at radius 1 is 1.00 bits per heavy atom. The highest BCUT2D eigenvalue weighted by Gasteiger charge is 2.08. The van der Waals surface area contributed by atoms with Crippen molar-refractivity contribution in [3.8, 4) is 11.5 Å². The first-order chi connectivity index (χ1) is 12.2. The lowest BCUT2D eigenvalue weighted by Crippen LogP contribution is -1.89. The molecule has 0 aliphatic heterocycles. The van der Waals surface area contributed by atoms with Gasteiger partial charge in [-0.25, -0.2) is 13.8 Å². The number of halogens is 2. The summed E-state index contributed by atoms with van der Waals surface area (Å²) >= 11 is 1.45. The summed E-state index contributed by atoms with van der Waals surface area (Å²) < 4.78 is 27.0. The number of fused-ring (bicyclic) bond motifs is 1. The van der Waals surface area contributed by atoms with Gasteiger partial charge in [0.2, 0.25) is 0 Å². The van der Waals surface area contributed by atoms with Crippen molar-refractivity contribution in [1.82, 2.24) is 15.0 Å². The molecule has 0 saturated carbocycles. The number of benzene rings is 2. The van der Waals surface area contributed by atoms with Crippen LogP contribution in [-0.2, 0) is 5.75 Å². The SMILES string of the molecule is Fc1ccc(F)c(CSc2ccc3nc(-c4ccccn4)[nH]c3c2)c1. The van der Waals surface area contributed by atoms with Crippen molar-refractivity contribution in [3.05, 3.63) is 78.0 Å². The minimum absolute atomic E-state index is 0.351. The molecule has 6 heteroatoms. The summed E-state index contributed by atoms with van der Waals surface area (Å²) in [5.74, 6) is 0.236. The van der Waals surface area contributed by atoms with Crippen LogP contribution in [0.15, 0.2) is 65.7 Å². The smallest absolute Gasteiger partial charge is 0.157 e. The number of hydrogen-bond donors (Lipinski definition) is 1. The lowest BCUT2D eigenvalue weighted by Gasteiger charge is -2.04. The summed E-state index contributed by atoms with van der Waals surface area (Å²) in [4.78, 5) is 13.0. The maximum Gasteiger partial charge on any atom is 0.157 e. The molecule has 0 aliphatic carbocycles. The van der Waals surface area contributed by atoms with Crippen LogP contribution in [0.5, 0.6) is 0 Å². The van der Waals surface area contributed by atoms with Crippen LogP contribution in [0.4, 0.5) is 8.78 Å². The quantitative estimate of drug-likeness (QED) is 0.513. The van der Waals surface area contributed by atoms with Gasteiger partial charge in [0, 0.05) is 22.4 Å². The average Bonchev–Trinajstić information content (AvgIpc) is 3.06. The van der Waals surface area contributed by atoms with E-state index in [1.807, 2.05) is 36.4 Å². The molecule has 0 fully saturated rings. The van der Waals surface area contributed by atoms with E-state index in [1.54, 1.807) is 6.20 Å². The van der Waals surface area contributed by atoms with Gasteiger partial charge < -0.3 is 4.98 Å². The molecule has 0 spiro atoms. The number of aromatic amines is 1. The molecule has 25 heavy (non-hydrogen) atoms. The third-order valence-corrected chi connectivity index (χ3v) is 4.81. The Balaban J connectivity index is 1.58. The second-order valence-corrected chi connectivity index (χ2v) is 6.55. The van der Waals surface area contributed by atoms with Crippen LogP contribution in [-0.4, -0.2) is 15.0 Å². The van der Waals surface area contributed by atoms with E-state index in [0.29, 0.717) is 17.1 Å². The minimum Gasteiger partial charge on any atom is -0.337 e. The van der Waals surface area contributed by atoms with Crippen molar-refractivity contribution < 1.29 is 8.78 Å². The third kappa shape index (κ3) is 3.39. The van der Waals surface area contributed by atoms with Crippen molar-refractivity contribution in [3.63, 3.8) is 0 Å². The second-order valence-electron chi connectivity index (χ2n) is 5.50. The zero-order chi connectivity index (χ0) is 17.2. The highest BCUT2D eigenvalue weighted by atomic mass is 32.2. The molecule has 124 valence electrons. The molecule has 0 saturated heterocycles. The first kappa shape index (κ1) is 15.8. The van der Waals surface area contributed by atoms with Gasteiger partial charge in [-0.2, -0.15) is 0 Å². The Labute approximate surface area is 147 Å². The van der Waals surface area contributed by atoms with Crippen molar-refractivity contribution in [2.75, 3.05) is 0 Å².